The van der Waals surface area contributed by atoms with E-state index in [1.807, 2.05) is 17.0 Å². The van der Waals surface area contributed by atoms with Crippen molar-refractivity contribution in [3.8, 4) is 0 Å². The molecule has 3 aromatic rings. The van der Waals surface area contributed by atoms with Crippen LogP contribution in [-0.2, 0) is 35.5 Å². The number of likely N-dealkylation sites (tertiary alicyclic amines) is 2. The molecule has 7 heteroatoms. The molecule has 2 fully saturated rings. The quantitative estimate of drug-likeness (QED) is 0.325. The van der Waals surface area contributed by atoms with E-state index in [4.69, 9.17) is 11.6 Å². The Labute approximate surface area is 260 Å². The van der Waals surface area contributed by atoms with Gasteiger partial charge in [0.05, 0.1) is 6.04 Å². The number of amides is 2. The molecule has 2 saturated heterocycles. The van der Waals surface area contributed by atoms with Crippen LogP contribution in [0.4, 0.5) is 0 Å². The molecule has 226 valence electrons. The highest BCUT2D eigenvalue weighted by Crippen LogP contribution is 2.32. The summed E-state index contributed by atoms with van der Waals surface area (Å²) in [6.07, 6.45) is 6.29. The lowest BCUT2D eigenvalue weighted by atomic mass is 9.86. The van der Waals surface area contributed by atoms with Gasteiger partial charge >= 0.3 is 0 Å². The van der Waals surface area contributed by atoms with Crippen molar-refractivity contribution in [2.45, 2.75) is 76.0 Å². The highest BCUT2D eigenvalue weighted by Gasteiger charge is 2.28. The fourth-order valence-electron chi connectivity index (χ4n) is 7.03. The largest absolute Gasteiger partial charge is 0.352 e. The van der Waals surface area contributed by atoms with Crippen LogP contribution in [0.1, 0.15) is 65.8 Å². The van der Waals surface area contributed by atoms with Gasteiger partial charge in [0, 0.05) is 43.7 Å². The topological polar surface area (TPSA) is 64.7 Å². The van der Waals surface area contributed by atoms with Gasteiger partial charge in [-0.3, -0.25) is 9.59 Å². The molecule has 2 amide bonds. The normalized spacial score (nSPS) is 20.2. The molecule has 0 bridgehead atoms. The summed E-state index contributed by atoms with van der Waals surface area (Å²) in [5.74, 6) is 0.893. The number of hydrogen-bond acceptors (Lipinski definition) is 4. The second-order valence-electron chi connectivity index (χ2n) is 12.5. The Morgan fingerprint density at radius 1 is 0.953 bits per heavy atom. The van der Waals surface area contributed by atoms with Crippen LogP contribution in [0.2, 0.25) is 5.02 Å². The molecule has 1 unspecified atom stereocenters. The van der Waals surface area contributed by atoms with E-state index in [9.17, 15) is 9.59 Å². The predicted octanol–water partition coefficient (Wildman–Crippen LogP) is 5.47. The minimum Gasteiger partial charge on any atom is -0.352 e. The Balaban J connectivity index is 1.05. The molecule has 3 aliphatic heterocycles. The molecule has 3 heterocycles. The van der Waals surface area contributed by atoms with Crippen molar-refractivity contribution in [3.63, 3.8) is 0 Å². The fourth-order valence-corrected chi connectivity index (χ4v) is 7.16. The summed E-state index contributed by atoms with van der Waals surface area (Å²) < 4.78 is 0. The first-order valence-electron chi connectivity index (χ1n) is 15.9. The molecule has 0 aliphatic carbocycles. The zero-order valence-corrected chi connectivity index (χ0v) is 25.7. The van der Waals surface area contributed by atoms with Crippen LogP contribution >= 0.6 is 11.6 Å². The van der Waals surface area contributed by atoms with Gasteiger partial charge in [-0.05, 0) is 97.5 Å². The molecule has 6 nitrogen and oxygen atoms in total. The van der Waals surface area contributed by atoms with Gasteiger partial charge in [0.15, 0.2) is 0 Å². The number of nitrogens with zero attached hydrogens (tertiary/aromatic N) is 2. The Kier molecular flexibility index (Phi) is 9.77. The first kappa shape index (κ1) is 29.9. The number of hydrogen-bond donors (Lipinski definition) is 2. The first-order chi connectivity index (χ1) is 21.0. The molecular weight excluding hydrogens is 556 g/mol. The number of benzene rings is 3. The van der Waals surface area contributed by atoms with Gasteiger partial charge in [-0.25, -0.2) is 0 Å². The molecule has 3 aromatic carbocycles. The molecule has 6 rings (SSSR count). The van der Waals surface area contributed by atoms with Gasteiger partial charge < -0.3 is 20.4 Å². The van der Waals surface area contributed by atoms with Crippen LogP contribution in [0.15, 0.2) is 72.8 Å². The lowest BCUT2D eigenvalue weighted by molar-refractivity contribution is -0.128. The maximum atomic E-state index is 13.5. The summed E-state index contributed by atoms with van der Waals surface area (Å²) >= 11 is 6.15. The number of nitrogens with one attached hydrogen (secondary N) is 2. The summed E-state index contributed by atoms with van der Waals surface area (Å²) in [5, 5.41) is 7.58. The Hall–Kier alpha value is -3.19. The monoisotopic (exact) mass is 598 g/mol. The Morgan fingerprint density at radius 3 is 2.47 bits per heavy atom. The minimum absolute atomic E-state index is 0.0455. The van der Waals surface area contributed by atoms with Crippen LogP contribution in [-0.4, -0.2) is 59.9 Å². The molecular formula is C36H43ClN4O2. The van der Waals surface area contributed by atoms with Crippen molar-refractivity contribution in [2.24, 2.45) is 0 Å². The van der Waals surface area contributed by atoms with Crippen LogP contribution in [0.3, 0.4) is 0 Å². The van der Waals surface area contributed by atoms with Crippen LogP contribution in [0.5, 0.6) is 0 Å². The minimum atomic E-state index is -0.214. The third kappa shape index (κ3) is 7.67. The standard InChI is InChI=1S/C36H43ClN4O2/c37-31-13-11-26(12-14-31)22-32(39-36(43)34-23-28-6-1-2-7-29(28)24-38-34)17-21-40-19-15-27(16-20-40)33-9-4-3-8-30(33)25-41-18-5-10-35(41)42/h1-4,6-9,11-14,27,32,34,38H,5,10,15-25H2,(H,39,43)/t32?,34-/m1/s1. The van der Waals surface area contributed by atoms with Crippen molar-refractivity contribution in [3.05, 3.63) is 106 Å². The van der Waals surface area contributed by atoms with Gasteiger partial charge in [-0.15, -0.1) is 0 Å². The number of halogens is 1. The second-order valence-corrected chi connectivity index (χ2v) is 12.9. The fraction of sp³-hybridized carbons (Fsp3) is 0.444. The average molecular weight is 599 g/mol. The highest BCUT2D eigenvalue weighted by atomic mass is 35.5. The van der Waals surface area contributed by atoms with Gasteiger partial charge in [0.1, 0.15) is 0 Å². The smallest absolute Gasteiger partial charge is 0.237 e. The van der Waals surface area contributed by atoms with Crippen LogP contribution in [0.25, 0.3) is 0 Å². The lowest BCUT2D eigenvalue weighted by Crippen LogP contribution is -2.51. The van der Waals surface area contributed by atoms with E-state index in [2.05, 4.69) is 76.2 Å². The number of fused-ring (bicyclic) bond motifs is 1. The van der Waals surface area contributed by atoms with Gasteiger partial charge in [-0.2, -0.15) is 0 Å². The van der Waals surface area contributed by atoms with Gasteiger partial charge in [-0.1, -0.05) is 72.3 Å². The van der Waals surface area contributed by atoms with Crippen molar-refractivity contribution in [2.75, 3.05) is 26.2 Å². The van der Waals surface area contributed by atoms with Crippen molar-refractivity contribution in [1.82, 2.24) is 20.4 Å². The van der Waals surface area contributed by atoms with Crippen molar-refractivity contribution < 1.29 is 9.59 Å². The molecule has 0 aromatic heterocycles. The van der Waals surface area contributed by atoms with E-state index < -0.39 is 0 Å². The highest BCUT2D eigenvalue weighted by molar-refractivity contribution is 6.30. The molecule has 43 heavy (non-hydrogen) atoms. The zero-order chi connectivity index (χ0) is 29.6. The number of carbonyl (C=O) groups excluding carboxylic acids is 2. The van der Waals surface area contributed by atoms with E-state index in [0.29, 0.717) is 12.3 Å². The number of carbonyl (C=O) groups is 2. The third-order valence-corrected chi connectivity index (χ3v) is 9.80. The van der Waals surface area contributed by atoms with Crippen LogP contribution in [0, 0.1) is 0 Å². The Morgan fingerprint density at radius 2 is 1.70 bits per heavy atom. The van der Waals surface area contributed by atoms with Crippen LogP contribution < -0.4 is 10.6 Å². The van der Waals surface area contributed by atoms with E-state index in [1.54, 1.807) is 0 Å². The summed E-state index contributed by atoms with van der Waals surface area (Å²) in [6, 6.07) is 24.9. The van der Waals surface area contributed by atoms with Gasteiger partial charge in [0.2, 0.25) is 11.8 Å². The average Bonchev–Trinajstić information content (AvgIpc) is 3.45. The Bertz CT molecular complexity index is 1400. The molecule has 0 saturated carbocycles. The summed E-state index contributed by atoms with van der Waals surface area (Å²) in [4.78, 5) is 30.3. The summed E-state index contributed by atoms with van der Waals surface area (Å²) in [5.41, 5.74) is 6.44. The van der Waals surface area contributed by atoms with Crippen molar-refractivity contribution in [1.29, 1.82) is 0 Å². The molecule has 2 N–H and O–H groups in total. The molecule has 0 spiro atoms. The predicted molar refractivity (Wildman–Crippen MR) is 172 cm³/mol. The van der Waals surface area contributed by atoms with Crippen molar-refractivity contribution >= 4 is 23.4 Å². The summed E-state index contributed by atoms with van der Waals surface area (Å²) in [7, 11) is 0. The number of rotatable bonds is 10. The second kappa shape index (κ2) is 14.1. The van der Waals surface area contributed by atoms with E-state index in [0.717, 1.165) is 82.8 Å². The molecule has 3 aliphatic rings. The maximum absolute atomic E-state index is 13.5. The van der Waals surface area contributed by atoms with E-state index in [1.165, 1.54) is 27.8 Å². The SMILES string of the molecule is O=C(NC(CCN1CCC(c2ccccc2CN2CCCC2=O)CC1)Cc1ccc(Cl)cc1)[C@H]1Cc2ccccc2CN1. The van der Waals surface area contributed by atoms with E-state index >= 15 is 0 Å². The van der Waals surface area contributed by atoms with E-state index in [-0.39, 0.29) is 23.9 Å². The summed E-state index contributed by atoms with van der Waals surface area (Å²) in [6.45, 7) is 5.39. The molecule has 0 radical (unpaired) electrons. The first-order valence-corrected chi connectivity index (χ1v) is 16.3. The number of piperidine rings is 1. The zero-order valence-electron chi connectivity index (χ0n) is 24.9. The lowest BCUT2D eigenvalue weighted by Gasteiger charge is -2.34. The molecule has 2 atom stereocenters. The van der Waals surface area contributed by atoms with Gasteiger partial charge in [0.25, 0.3) is 0 Å². The third-order valence-electron chi connectivity index (χ3n) is 9.55. The maximum Gasteiger partial charge on any atom is 0.237 e.